The highest BCUT2D eigenvalue weighted by atomic mass is 35.5. The lowest BCUT2D eigenvalue weighted by atomic mass is 10.1. The first kappa shape index (κ1) is 22.6. The van der Waals surface area contributed by atoms with Gasteiger partial charge in [-0.1, -0.05) is 47.6 Å². The topological polar surface area (TPSA) is 87.8 Å². The highest BCUT2D eigenvalue weighted by Crippen LogP contribution is 2.24. The molecule has 164 valence electrons. The Kier molecular flexibility index (Phi) is 6.78. The van der Waals surface area contributed by atoms with Gasteiger partial charge < -0.3 is 5.32 Å². The van der Waals surface area contributed by atoms with Gasteiger partial charge in [-0.3, -0.25) is 14.2 Å². The second-order valence-electron chi connectivity index (χ2n) is 7.40. The molecule has 0 aliphatic rings. The summed E-state index contributed by atoms with van der Waals surface area (Å²) in [5.74, 6) is -0.172. The van der Waals surface area contributed by atoms with E-state index in [-0.39, 0.29) is 17.2 Å². The van der Waals surface area contributed by atoms with Crippen molar-refractivity contribution in [2.24, 2.45) is 0 Å². The van der Waals surface area contributed by atoms with Crippen LogP contribution in [-0.4, -0.2) is 21.2 Å². The number of benzene rings is 3. The molecule has 1 N–H and O–H groups in total. The van der Waals surface area contributed by atoms with Crippen LogP contribution in [0.3, 0.4) is 0 Å². The molecule has 0 unspecified atom stereocenters. The van der Waals surface area contributed by atoms with Crippen LogP contribution in [0.4, 0.5) is 5.69 Å². The third-order valence-corrected chi connectivity index (χ3v) is 6.09. The molecule has 0 saturated heterocycles. The number of carbonyl (C=O) groups is 1. The summed E-state index contributed by atoms with van der Waals surface area (Å²) in [6, 6.07) is 21.7. The fourth-order valence-electron chi connectivity index (χ4n) is 3.35. The quantitative estimate of drug-likeness (QED) is 0.308. The van der Waals surface area contributed by atoms with Crippen LogP contribution in [0.15, 0.2) is 76.7 Å². The number of hydrogen-bond donors (Lipinski definition) is 1. The van der Waals surface area contributed by atoms with Gasteiger partial charge in [0.15, 0.2) is 5.16 Å². The lowest BCUT2D eigenvalue weighted by Crippen LogP contribution is -2.23. The molecule has 0 atom stereocenters. The number of carbonyl (C=O) groups excluding carboxylic acids is 1. The standard InChI is InChI=1S/C25H19ClN4O2S/c1-16-3-2-4-20(13-16)30-24(32)21-10-7-18(26)14-22(21)29-25(30)33-15-23(31)28-19-8-5-17(6-9-19)11-12-27/h2-10,13-14H,11,15H2,1H3,(H,28,31). The normalized spacial score (nSPS) is 10.7. The average molecular weight is 475 g/mol. The zero-order valence-electron chi connectivity index (χ0n) is 17.7. The van der Waals surface area contributed by atoms with E-state index in [1.807, 2.05) is 31.2 Å². The van der Waals surface area contributed by atoms with Crippen LogP contribution < -0.4 is 10.9 Å². The van der Waals surface area contributed by atoms with Gasteiger partial charge in [0, 0.05) is 10.7 Å². The van der Waals surface area contributed by atoms with Gasteiger partial charge in [0.05, 0.1) is 34.8 Å². The number of nitrogens with one attached hydrogen (secondary N) is 1. The van der Waals surface area contributed by atoms with Crippen molar-refractivity contribution >= 4 is 45.9 Å². The van der Waals surface area contributed by atoms with Crippen molar-refractivity contribution in [1.82, 2.24) is 9.55 Å². The molecule has 0 spiro atoms. The first-order valence-electron chi connectivity index (χ1n) is 10.1. The molecule has 4 rings (SSSR count). The lowest BCUT2D eigenvalue weighted by molar-refractivity contribution is -0.113. The van der Waals surface area contributed by atoms with E-state index in [1.165, 1.54) is 16.3 Å². The molecule has 1 aromatic heterocycles. The molecule has 0 aliphatic heterocycles. The van der Waals surface area contributed by atoms with E-state index in [0.29, 0.717) is 38.9 Å². The van der Waals surface area contributed by atoms with Crippen LogP contribution in [0.1, 0.15) is 11.1 Å². The van der Waals surface area contributed by atoms with Gasteiger partial charge in [-0.15, -0.1) is 0 Å². The number of halogens is 1. The zero-order chi connectivity index (χ0) is 23.4. The minimum atomic E-state index is -0.232. The molecule has 8 heteroatoms. The molecule has 0 aliphatic carbocycles. The van der Waals surface area contributed by atoms with Crippen molar-refractivity contribution in [3.05, 3.63) is 93.2 Å². The molecule has 0 bridgehead atoms. The highest BCUT2D eigenvalue weighted by molar-refractivity contribution is 7.99. The number of thioether (sulfide) groups is 1. The fraction of sp³-hybridized carbons (Fsp3) is 0.120. The van der Waals surface area contributed by atoms with Crippen molar-refractivity contribution in [3.8, 4) is 11.8 Å². The number of nitrogens with zero attached hydrogens (tertiary/aromatic N) is 3. The van der Waals surface area contributed by atoms with Crippen LogP contribution >= 0.6 is 23.4 Å². The van der Waals surface area contributed by atoms with E-state index in [4.69, 9.17) is 16.9 Å². The maximum Gasteiger partial charge on any atom is 0.266 e. The third-order valence-electron chi connectivity index (χ3n) is 4.91. The highest BCUT2D eigenvalue weighted by Gasteiger charge is 2.15. The summed E-state index contributed by atoms with van der Waals surface area (Å²) in [6.07, 6.45) is 0.318. The molecule has 0 radical (unpaired) electrons. The van der Waals surface area contributed by atoms with E-state index < -0.39 is 0 Å². The van der Waals surface area contributed by atoms with E-state index >= 15 is 0 Å². The van der Waals surface area contributed by atoms with Crippen molar-refractivity contribution in [2.45, 2.75) is 18.5 Å². The van der Waals surface area contributed by atoms with Crippen LogP contribution in [0, 0.1) is 18.3 Å². The summed E-state index contributed by atoms with van der Waals surface area (Å²) >= 11 is 7.29. The molecule has 6 nitrogen and oxygen atoms in total. The molecule has 1 heterocycles. The third kappa shape index (κ3) is 5.25. The number of rotatable bonds is 6. The van der Waals surface area contributed by atoms with E-state index in [1.54, 1.807) is 42.5 Å². The first-order valence-corrected chi connectivity index (χ1v) is 11.5. The van der Waals surface area contributed by atoms with Crippen LogP contribution in [0.2, 0.25) is 5.02 Å². The largest absolute Gasteiger partial charge is 0.325 e. The fourth-order valence-corrected chi connectivity index (χ4v) is 4.33. The second-order valence-corrected chi connectivity index (χ2v) is 8.78. The summed E-state index contributed by atoms with van der Waals surface area (Å²) in [7, 11) is 0. The molecular formula is C25H19ClN4O2S. The van der Waals surface area contributed by atoms with Crippen LogP contribution in [0.5, 0.6) is 0 Å². The Bertz CT molecular complexity index is 1440. The summed E-state index contributed by atoms with van der Waals surface area (Å²) in [6.45, 7) is 1.95. The van der Waals surface area contributed by atoms with Gasteiger partial charge in [0.25, 0.3) is 5.56 Å². The van der Waals surface area contributed by atoms with Gasteiger partial charge in [-0.2, -0.15) is 5.26 Å². The van der Waals surface area contributed by atoms with Gasteiger partial charge in [0.2, 0.25) is 5.91 Å². The average Bonchev–Trinajstić information content (AvgIpc) is 2.79. The van der Waals surface area contributed by atoms with Gasteiger partial charge in [0.1, 0.15) is 0 Å². The first-order chi connectivity index (χ1) is 15.9. The zero-order valence-corrected chi connectivity index (χ0v) is 19.3. The van der Waals surface area contributed by atoms with Crippen molar-refractivity contribution in [2.75, 3.05) is 11.1 Å². The van der Waals surface area contributed by atoms with E-state index in [2.05, 4.69) is 16.4 Å². The monoisotopic (exact) mass is 474 g/mol. The minimum Gasteiger partial charge on any atom is -0.325 e. The molecule has 0 saturated carbocycles. The molecule has 1 amide bonds. The predicted molar refractivity (Wildman–Crippen MR) is 132 cm³/mol. The Balaban J connectivity index is 1.63. The van der Waals surface area contributed by atoms with Crippen LogP contribution in [-0.2, 0) is 11.2 Å². The van der Waals surface area contributed by atoms with Crippen LogP contribution in [0.25, 0.3) is 16.6 Å². The Morgan fingerprint density at radius 3 is 2.67 bits per heavy atom. The number of aromatic nitrogens is 2. The molecule has 4 aromatic rings. The van der Waals surface area contributed by atoms with Crippen molar-refractivity contribution in [3.63, 3.8) is 0 Å². The Labute approximate surface area is 199 Å². The number of anilines is 1. The summed E-state index contributed by atoms with van der Waals surface area (Å²) in [5.41, 5.74) is 3.46. The van der Waals surface area contributed by atoms with E-state index in [0.717, 1.165) is 11.1 Å². The number of fused-ring (bicyclic) bond motifs is 1. The SMILES string of the molecule is Cc1cccc(-n2c(SCC(=O)Nc3ccc(CC#N)cc3)nc3cc(Cl)ccc3c2=O)c1. The maximum atomic E-state index is 13.3. The predicted octanol–water partition coefficient (Wildman–Crippen LogP) is 5.14. The van der Waals surface area contributed by atoms with Gasteiger partial charge in [-0.25, -0.2) is 4.98 Å². The number of amides is 1. The molecule has 33 heavy (non-hydrogen) atoms. The maximum absolute atomic E-state index is 13.3. The number of hydrogen-bond acceptors (Lipinski definition) is 5. The minimum absolute atomic E-state index is 0.0598. The smallest absolute Gasteiger partial charge is 0.266 e. The number of aryl methyl sites for hydroxylation is 1. The summed E-state index contributed by atoms with van der Waals surface area (Å²) in [4.78, 5) is 30.6. The van der Waals surface area contributed by atoms with Gasteiger partial charge in [-0.05, 0) is 60.5 Å². The Morgan fingerprint density at radius 2 is 1.94 bits per heavy atom. The van der Waals surface area contributed by atoms with Crippen molar-refractivity contribution < 1.29 is 4.79 Å². The van der Waals surface area contributed by atoms with E-state index in [9.17, 15) is 9.59 Å². The Morgan fingerprint density at radius 1 is 1.15 bits per heavy atom. The van der Waals surface area contributed by atoms with Crippen molar-refractivity contribution in [1.29, 1.82) is 5.26 Å². The van der Waals surface area contributed by atoms with Gasteiger partial charge >= 0.3 is 0 Å². The Hall–Kier alpha value is -3.60. The molecule has 3 aromatic carbocycles. The lowest BCUT2D eigenvalue weighted by Gasteiger charge is -2.14. The second kappa shape index (κ2) is 9.90. The molecular weight excluding hydrogens is 456 g/mol. The molecule has 0 fully saturated rings. The summed E-state index contributed by atoms with van der Waals surface area (Å²) in [5, 5.41) is 12.9. The summed E-state index contributed by atoms with van der Waals surface area (Å²) < 4.78 is 1.53. The number of nitriles is 1.